The number of amides is 1. The molecule has 1 fully saturated rings. The molecule has 32 heavy (non-hydrogen) atoms. The van der Waals surface area contributed by atoms with Gasteiger partial charge in [-0.1, -0.05) is 15.9 Å². The summed E-state index contributed by atoms with van der Waals surface area (Å²) >= 11 is 4.72. The summed E-state index contributed by atoms with van der Waals surface area (Å²) < 4.78 is 34.3. The van der Waals surface area contributed by atoms with Crippen molar-refractivity contribution in [3.05, 3.63) is 57.9 Å². The molecule has 0 unspecified atom stereocenters. The molecule has 170 valence electrons. The lowest BCUT2D eigenvalue weighted by atomic mass is 10.2. The Morgan fingerprint density at radius 3 is 2.59 bits per heavy atom. The van der Waals surface area contributed by atoms with Crippen LogP contribution in [0.3, 0.4) is 0 Å². The van der Waals surface area contributed by atoms with Crippen molar-refractivity contribution >= 4 is 59.0 Å². The Hall–Kier alpha value is -1.98. The number of sulfonamides is 1. The lowest BCUT2D eigenvalue weighted by Crippen LogP contribution is -2.41. The van der Waals surface area contributed by atoms with E-state index in [-0.39, 0.29) is 10.8 Å². The molecule has 0 atom stereocenters. The molecule has 0 aliphatic carbocycles. The van der Waals surface area contributed by atoms with Gasteiger partial charge in [0.25, 0.3) is 15.9 Å². The average Bonchev–Trinajstić information content (AvgIpc) is 3.23. The molecule has 4 rings (SSSR count). The van der Waals surface area contributed by atoms with Crippen LogP contribution in [0.5, 0.6) is 0 Å². The summed E-state index contributed by atoms with van der Waals surface area (Å²) in [4.78, 5) is 15.7. The molecule has 1 N–H and O–H groups in total. The largest absolute Gasteiger partial charge is 0.379 e. The molecular weight excluding hydrogens is 514 g/mol. The maximum Gasteiger partial charge on any atom is 0.264 e. The van der Waals surface area contributed by atoms with Crippen LogP contribution in [0.15, 0.2) is 57.9 Å². The first-order valence-electron chi connectivity index (χ1n) is 10.2. The molecule has 1 aliphatic heterocycles. The lowest BCUT2D eigenvalue weighted by Gasteiger charge is -2.26. The second-order valence-electron chi connectivity index (χ2n) is 7.47. The van der Waals surface area contributed by atoms with Gasteiger partial charge in [-0.05, 0) is 53.9 Å². The summed E-state index contributed by atoms with van der Waals surface area (Å²) in [7, 11) is -2.15. The zero-order valence-electron chi connectivity index (χ0n) is 17.6. The molecule has 2 aromatic carbocycles. The quantitative estimate of drug-likeness (QED) is 0.498. The molecule has 10 heteroatoms. The number of ether oxygens (including phenoxy) is 1. The van der Waals surface area contributed by atoms with Crippen molar-refractivity contribution in [1.82, 2.24) is 10.2 Å². The number of morpholine rings is 1. The van der Waals surface area contributed by atoms with Crippen LogP contribution < -0.4 is 9.62 Å². The first-order valence-corrected chi connectivity index (χ1v) is 13.3. The van der Waals surface area contributed by atoms with E-state index < -0.39 is 10.0 Å². The summed E-state index contributed by atoms with van der Waals surface area (Å²) in [5, 5.41) is 3.81. The monoisotopic (exact) mass is 537 g/mol. The van der Waals surface area contributed by atoms with Gasteiger partial charge in [0.1, 0.15) is 0 Å². The van der Waals surface area contributed by atoms with Crippen molar-refractivity contribution in [2.24, 2.45) is 0 Å². The Morgan fingerprint density at radius 2 is 1.88 bits per heavy atom. The Bertz CT molecular complexity index is 1210. The van der Waals surface area contributed by atoms with Crippen LogP contribution in [0.4, 0.5) is 5.69 Å². The number of rotatable bonds is 7. The minimum Gasteiger partial charge on any atom is -0.379 e. The first-order chi connectivity index (χ1) is 15.3. The molecular formula is C22H24BrN3O4S2. The van der Waals surface area contributed by atoms with Crippen LogP contribution in [0, 0.1) is 0 Å². The van der Waals surface area contributed by atoms with Crippen LogP contribution in [0.25, 0.3) is 10.1 Å². The molecule has 1 aromatic heterocycles. The highest BCUT2D eigenvalue weighted by Crippen LogP contribution is 2.31. The maximum absolute atomic E-state index is 13.0. The summed E-state index contributed by atoms with van der Waals surface area (Å²) in [5.41, 5.74) is 0.539. The molecule has 0 saturated carbocycles. The molecule has 7 nitrogen and oxygen atoms in total. The van der Waals surface area contributed by atoms with Crippen LogP contribution in [-0.2, 0) is 14.8 Å². The second kappa shape index (κ2) is 9.88. The third-order valence-electron chi connectivity index (χ3n) is 5.38. The number of fused-ring (bicyclic) bond motifs is 1. The molecule has 1 amide bonds. The van der Waals surface area contributed by atoms with Crippen molar-refractivity contribution in [2.75, 3.05) is 50.7 Å². The van der Waals surface area contributed by atoms with Crippen LogP contribution in [0.1, 0.15) is 9.67 Å². The lowest BCUT2D eigenvalue weighted by molar-refractivity contribution is 0.0383. The van der Waals surface area contributed by atoms with E-state index in [1.165, 1.54) is 22.7 Å². The predicted molar refractivity (Wildman–Crippen MR) is 131 cm³/mol. The van der Waals surface area contributed by atoms with E-state index >= 15 is 0 Å². The maximum atomic E-state index is 13.0. The fraction of sp³-hybridized carbons (Fsp3) is 0.318. The molecule has 0 bridgehead atoms. The summed E-state index contributed by atoms with van der Waals surface area (Å²) in [6, 6.07) is 13.8. The predicted octanol–water partition coefficient (Wildman–Crippen LogP) is 3.55. The topological polar surface area (TPSA) is 79.0 Å². The van der Waals surface area contributed by atoms with E-state index in [0.717, 1.165) is 47.4 Å². The third kappa shape index (κ3) is 5.15. The van der Waals surface area contributed by atoms with Crippen molar-refractivity contribution < 1.29 is 17.9 Å². The van der Waals surface area contributed by atoms with Crippen molar-refractivity contribution in [3.8, 4) is 0 Å². The van der Waals surface area contributed by atoms with E-state index in [4.69, 9.17) is 4.74 Å². The molecule has 0 radical (unpaired) electrons. The SMILES string of the molecule is CN(c1ccc2sc(C(=O)NCCN3CCOCC3)cc2c1)S(=O)(=O)c1ccc(Br)cc1. The Morgan fingerprint density at radius 1 is 1.16 bits per heavy atom. The molecule has 3 aromatic rings. The zero-order chi connectivity index (χ0) is 22.7. The van der Waals surface area contributed by atoms with E-state index in [2.05, 4.69) is 26.1 Å². The highest BCUT2D eigenvalue weighted by molar-refractivity contribution is 9.10. The van der Waals surface area contributed by atoms with E-state index in [0.29, 0.717) is 17.1 Å². The van der Waals surface area contributed by atoms with Gasteiger partial charge in [0, 0.05) is 42.4 Å². The fourth-order valence-electron chi connectivity index (χ4n) is 3.48. The van der Waals surface area contributed by atoms with Crippen LogP contribution in [-0.4, -0.2) is 65.7 Å². The number of halogens is 1. The van der Waals surface area contributed by atoms with Gasteiger partial charge in [0.05, 0.1) is 28.7 Å². The van der Waals surface area contributed by atoms with Gasteiger partial charge in [-0.15, -0.1) is 11.3 Å². The Balaban J connectivity index is 1.46. The number of hydrogen-bond donors (Lipinski definition) is 1. The highest BCUT2D eigenvalue weighted by atomic mass is 79.9. The number of thiophene rings is 1. The van der Waals surface area contributed by atoms with Gasteiger partial charge in [0.15, 0.2) is 0 Å². The first kappa shape index (κ1) is 23.2. The Kier molecular flexibility index (Phi) is 7.16. The van der Waals surface area contributed by atoms with Crippen molar-refractivity contribution in [1.29, 1.82) is 0 Å². The normalized spacial score (nSPS) is 15.1. The number of benzene rings is 2. The second-order valence-corrected chi connectivity index (χ2v) is 11.4. The minimum absolute atomic E-state index is 0.114. The molecule has 2 heterocycles. The highest BCUT2D eigenvalue weighted by Gasteiger charge is 2.22. The minimum atomic E-state index is -3.69. The number of nitrogens with one attached hydrogen (secondary N) is 1. The fourth-order valence-corrected chi connectivity index (χ4v) is 5.89. The third-order valence-corrected chi connectivity index (χ3v) is 8.82. The van der Waals surface area contributed by atoms with Crippen LogP contribution >= 0.6 is 27.3 Å². The van der Waals surface area contributed by atoms with E-state index in [9.17, 15) is 13.2 Å². The van der Waals surface area contributed by atoms with Gasteiger partial charge in [-0.3, -0.25) is 14.0 Å². The van der Waals surface area contributed by atoms with Crippen molar-refractivity contribution in [2.45, 2.75) is 4.90 Å². The smallest absolute Gasteiger partial charge is 0.264 e. The number of carbonyl (C=O) groups excluding carboxylic acids is 1. The van der Waals surface area contributed by atoms with E-state index in [1.54, 1.807) is 36.4 Å². The van der Waals surface area contributed by atoms with Crippen LogP contribution in [0.2, 0.25) is 0 Å². The van der Waals surface area contributed by atoms with Gasteiger partial charge < -0.3 is 10.1 Å². The zero-order valence-corrected chi connectivity index (χ0v) is 20.8. The van der Waals surface area contributed by atoms with Gasteiger partial charge in [-0.25, -0.2) is 8.42 Å². The molecule has 1 saturated heterocycles. The molecule has 0 spiro atoms. The van der Waals surface area contributed by atoms with Gasteiger partial charge in [0.2, 0.25) is 0 Å². The van der Waals surface area contributed by atoms with Gasteiger partial charge in [-0.2, -0.15) is 0 Å². The molecule has 1 aliphatic rings. The summed E-state index contributed by atoms with van der Waals surface area (Å²) in [6.07, 6.45) is 0. The Labute approximate surface area is 200 Å². The summed E-state index contributed by atoms with van der Waals surface area (Å²) in [5.74, 6) is -0.114. The number of carbonyl (C=O) groups is 1. The van der Waals surface area contributed by atoms with Gasteiger partial charge >= 0.3 is 0 Å². The number of hydrogen-bond acceptors (Lipinski definition) is 6. The van der Waals surface area contributed by atoms with Crippen molar-refractivity contribution in [3.63, 3.8) is 0 Å². The average molecular weight is 538 g/mol. The number of nitrogens with zero attached hydrogens (tertiary/aromatic N) is 2. The summed E-state index contributed by atoms with van der Waals surface area (Å²) in [6.45, 7) is 4.61. The number of anilines is 1. The standard InChI is InChI=1S/C22H24BrN3O4S2/c1-25(32(28,29)19-5-2-17(23)3-6-19)18-4-7-20-16(14-18)15-21(31-20)22(27)24-8-9-26-10-12-30-13-11-26/h2-7,14-15H,8-13H2,1H3,(H,24,27). The van der Waals surface area contributed by atoms with E-state index in [1.807, 2.05) is 12.1 Å².